The van der Waals surface area contributed by atoms with Crippen molar-refractivity contribution in [1.82, 2.24) is 4.98 Å². The molecule has 0 N–H and O–H groups in total. The lowest BCUT2D eigenvalue weighted by Crippen LogP contribution is -1.91. The predicted molar refractivity (Wildman–Crippen MR) is 175 cm³/mol. The van der Waals surface area contributed by atoms with E-state index in [0.29, 0.717) is 5.56 Å². The summed E-state index contributed by atoms with van der Waals surface area (Å²) >= 11 is 0. The van der Waals surface area contributed by atoms with E-state index in [1.54, 1.807) is 6.20 Å². The fraction of sp³-hybridized carbons (Fsp3) is 0. The van der Waals surface area contributed by atoms with Gasteiger partial charge in [0.05, 0.1) is 5.56 Å². The standard InChI is InChI=1S/C40H24N2/c41-23-26-19-34(25-42-24-26)30-16-13-28-15-18-32(22-33(28)21-30)40-37-11-5-3-9-35(37)39(36-10-4-6-12-38(36)40)31-17-14-27-7-1-2-8-29(27)20-31/h1-22,24-25H. The molecule has 8 rings (SSSR count). The second-order valence-electron chi connectivity index (χ2n) is 10.8. The van der Waals surface area contributed by atoms with Crippen molar-refractivity contribution in [3.05, 3.63) is 151 Å². The second kappa shape index (κ2) is 9.70. The average molecular weight is 533 g/mol. The summed E-state index contributed by atoms with van der Waals surface area (Å²) in [6.45, 7) is 0. The number of hydrogen-bond acceptors (Lipinski definition) is 2. The Balaban J connectivity index is 1.38. The van der Waals surface area contributed by atoms with E-state index in [4.69, 9.17) is 0 Å². The molecule has 42 heavy (non-hydrogen) atoms. The molecule has 0 unspecified atom stereocenters. The Labute approximate surface area is 243 Å². The third-order valence-corrected chi connectivity index (χ3v) is 8.30. The van der Waals surface area contributed by atoms with Gasteiger partial charge < -0.3 is 0 Å². The van der Waals surface area contributed by atoms with Crippen LogP contribution in [-0.2, 0) is 0 Å². The van der Waals surface area contributed by atoms with E-state index in [1.807, 2.05) is 12.3 Å². The maximum atomic E-state index is 9.37. The Morgan fingerprint density at radius 1 is 0.405 bits per heavy atom. The van der Waals surface area contributed by atoms with Crippen molar-refractivity contribution in [3.63, 3.8) is 0 Å². The fourth-order valence-electron chi connectivity index (χ4n) is 6.34. The Hall–Kier alpha value is -5.78. The number of fused-ring (bicyclic) bond motifs is 4. The van der Waals surface area contributed by atoms with Gasteiger partial charge in [0.25, 0.3) is 0 Å². The van der Waals surface area contributed by atoms with Gasteiger partial charge in [0.2, 0.25) is 0 Å². The van der Waals surface area contributed by atoms with Crippen LogP contribution in [0, 0.1) is 11.3 Å². The summed E-state index contributed by atoms with van der Waals surface area (Å²) < 4.78 is 0. The molecule has 194 valence electrons. The molecule has 0 aliphatic heterocycles. The van der Waals surface area contributed by atoms with E-state index >= 15 is 0 Å². The quantitative estimate of drug-likeness (QED) is 0.212. The molecule has 8 aromatic rings. The summed E-state index contributed by atoms with van der Waals surface area (Å²) in [4.78, 5) is 4.27. The van der Waals surface area contributed by atoms with Crippen LogP contribution in [-0.4, -0.2) is 4.98 Å². The van der Waals surface area contributed by atoms with Gasteiger partial charge in [0, 0.05) is 18.0 Å². The van der Waals surface area contributed by atoms with Crippen LogP contribution in [0.3, 0.4) is 0 Å². The summed E-state index contributed by atoms with van der Waals surface area (Å²) in [5.74, 6) is 0. The molecule has 0 atom stereocenters. The van der Waals surface area contributed by atoms with Gasteiger partial charge in [-0.1, -0.05) is 109 Å². The highest BCUT2D eigenvalue weighted by atomic mass is 14.6. The summed E-state index contributed by atoms with van der Waals surface area (Å²) in [7, 11) is 0. The van der Waals surface area contributed by atoms with Crippen LogP contribution in [0.15, 0.2) is 146 Å². The highest BCUT2D eigenvalue weighted by molar-refractivity contribution is 6.22. The number of hydrogen-bond donors (Lipinski definition) is 0. The number of rotatable bonds is 3. The normalized spacial score (nSPS) is 11.3. The molecule has 7 aromatic carbocycles. The summed E-state index contributed by atoms with van der Waals surface area (Å²) in [6.07, 6.45) is 3.42. The Bertz CT molecular complexity index is 2320. The minimum Gasteiger partial charge on any atom is -0.263 e. The van der Waals surface area contributed by atoms with E-state index in [2.05, 4.69) is 138 Å². The van der Waals surface area contributed by atoms with Gasteiger partial charge in [0.1, 0.15) is 6.07 Å². The molecule has 2 heteroatoms. The molecule has 0 aliphatic carbocycles. The molecule has 0 radical (unpaired) electrons. The first kappa shape index (κ1) is 24.1. The zero-order valence-electron chi connectivity index (χ0n) is 22.8. The van der Waals surface area contributed by atoms with Crippen LogP contribution >= 0.6 is 0 Å². The lowest BCUT2D eigenvalue weighted by molar-refractivity contribution is 1.30. The van der Waals surface area contributed by atoms with Gasteiger partial charge in [-0.25, -0.2) is 0 Å². The minimum atomic E-state index is 0.561. The van der Waals surface area contributed by atoms with Crippen molar-refractivity contribution in [2.24, 2.45) is 0 Å². The number of benzene rings is 7. The predicted octanol–water partition coefficient (Wildman–Crippen LogP) is 10.6. The van der Waals surface area contributed by atoms with E-state index in [1.165, 1.54) is 60.0 Å². The third-order valence-electron chi connectivity index (χ3n) is 8.30. The number of nitriles is 1. The molecule has 0 fully saturated rings. The van der Waals surface area contributed by atoms with Crippen molar-refractivity contribution in [2.75, 3.05) is 0 Å². The number of pyridine rings is 1. The van der Waals surface area contributed by atoms with Crippen LogP contribution < -0.4 is 0 Å². The van der Waals surface area contributed by atoms with Crippen LogP contribution in [0.2, 0.25) is 0 Å². The van der Waals surface area contributed by atoms with E-state index in [-0.39, 0.29) is 0 Å². The Morgan fingerprint density at radius 3 is 1.48 bits per heavy atom. The van der Waals surface area contributed by atoms with Crippen molar-refractivity contribution in [1.29, 1.82) is 5.26 Å². The number of aromatic nitrogens is 1. The molecule has 0 saturated carbocycles. The average Bonchev–Trinajstić information content (AvgIpc) is 3.06. The summed E-state index contributed by atoms with van der Waals surface area (Å²) in [5.41, 5.74) is 7.47. The van der Waals surface area contributed by atoms with Crippen molar-refractivity contribution >= 4 is 43.1 Å². The maximum Gasteiger partial charge on any atom is 0.101 e. The molecule has 0 aliphatic rings. The van der Waals surface area contributed by atoms with Gasteiger partial charge >= 0.3 is 0 Å². The smallest absolute Gasteiger partial charge is 0.101 e. The van der Waals surface area contributed by atoms with Gasteiger partial charge in [-0.15, -0.1) is 0 Å². The van der Waals surface area contributed by atoms with Crippen molar-refractivity contribution in [2.45, 2.75) is 0 Å². The zero-order valence-corrected chi connectivity index (χ0v) is 22.8. The first-order valence-corrected chi connectivity index (χ1v) is 14.1. The maximum absolute atomic E-state index is 9.37. The Morgan fingerprint density at radius 2 is 0.881 bits per heavy atom. The summed E-state index contributed by atoms with van der Waals surface area (Å²) in [6, 6.07) is 50.2. The van der Waals surface area contributed by atoms with Crippen LogP contribution in [0.25, 0.3) is 76.5 Å². The van der Waals surface area contributed by atoms with Crippen molar-refractivity contribution < 1.29 is 0 Å². The molecule has 0 amide bonds. The lowest BCUT2D eigenvalue weighted by atomic mass is 9.85. The fourth-order valence-corrected chi connectivity index (χ4v) is 6.34. The van der Waals surface area contributed by atoms with Gasteiger partial charge in [-0.3, -0.25) is 4.98 Å². The molecular formula is C40H24N2. The van der Waals surface area contributed by atoms with Gasteiger partial charge in [0.15, 0.2) is 0 Å². The van der Waals surface area contributed by atoms with Gasteiger partial charge in [-0.05, 0) is 95.2 Å². The highest BCUT2D eigenvalue weighted by Crippen LogP contribution is 2.44. The van der Waals surface area contributed by atoms with Crippen LogP contribution in [0.4, 0.5) is 0 Å². The molecule has 0 spiro atoms. The molecule has 0 saturated heterocycles. The highest BCUT2D eigenvalue weighted by Gasteiger charge is 2.17. The first-order chi connectivity index (χ1) is 20.8. The molecule has 1 heterocycles. The van der Waals surface area contributed by atoms with Crippen molar-refractivity contribution in [3.8, 4) is 39.4 Å². The zero-order chi connectivity index (χ0) is 28.0. The first-order valence-electron chi connectivity index (χ1n) is 14.1. The topological polar surface area (TPSA) is 36.7 Å². The van der Waals surface area contributed by atoms with Crippen LogP contribution in [0.5, 0.6) is 0 Å². The third kappa shape index (κ3) is 3.91. The monoisotopic (exact) mass is 532 g/mol. The number of nitrogens with zero attached hydrogens (tertiary/aromatic N) is 2. The van der Waals surface area contributed by atoms with Gasteiger partial charge in [-0.2, -0.15) is 5.26 Å². The molecule has 1 aromatic heterocycles. The lowest BCUT2D eigenvalue weighted by Gasteiger charge is -2.18. The van der Waals surface area contributed by atoms with E-state index in [0.717, 1.165) is 16.5 Å². The molecule has 0 bridgehead atoms. The van der Waals surface area contributed by atoms with E-state index in [9.17, 15) is 5.26 Å². The molecular weight excluding hydrogens is 508 g/mol. The summed E-state index contributed by atoms with van der Waals surface area (Å²) in [5, 5.41) is 19.1. The second-order valence-corrected chi connectivity index (χ2v) is 10.8. The van der Waals surface area contributed by atoms with Crippen LogP contribution in [0.1, 0.15) is 5.56 Å². The van der Waals surface area contributed by atoms with E-state index < -0.39 is 0 Å². The SMILES string of the molecule is N#Cc1cncc(-c2ccc3ccc(-c4c5ccccc5c(-c5ccc6ccccc6c5)c5ccccc45)cc3c2)c1. The minimum absolute atomic E-state index is 0.561. The largest absolute Gasteiger partial charge is 0.263 e. The Kier molecular flexibility index (Phi) is 5.55. The molecule has 2 nitrogen and oxygen atoms in total.